The second-order valence-corrected chi connectivity index (χ2v) is 10.9. The van der Waals surface area contributed by atoms with E-state index < -0.39 is 10.0 Å². The topological polar surface area (TPSA) is 102 Å². The number of methoxy groups -OCH3 is 1. The molecule has 2 aliphatic rings. The number of hydrogen-bond donors (Lipinski definition) is 1. The number of aromatic amines is 1. The Hall–Kier alpha value is -2.15. The van der Waals surface area contributed by atoms with Crippen LogP contribution in [0.3, 0.4) is 0 Å². The number of nitrogens with one attached hydrogen (secondary N) is 1. The molecule has 0 bridgehead atoms. The lowest BCUT2D eigenvalue weighted by molar-refractivity contribution is 0.157. The number of ether oxygens (including phenoxy) is 1. The molecule has 1 atom stereocenters. The number of aromatic nitrogens is 2. The fourth-order valence-corrected chi connectivity index (χ4v) is 7.12. The third kappa shape index (κ3) is 4.56. The van der Waals surface area contributed by atoms with E-state index in [0.717, 1.165) is 48.8 Å². The van der Waals surface area contributed by atoms with Crippen LogP contribution in [-0.2, 0) is 14.8 Å². The number of H-pyrrole nitrogens is 1. The van der Waals surface area contributed by atoms with Gasteiger partial charge >= 0.3 is 0 Å². The maximum absolute atomic E-state index is 12.9. The summed E-state index contributed by atoms with van der Waals surface area (Å²) in [5.41, 5.74) is 2.25. The van der Waals surface area contributed by atoms with Crippen LogP contribution in [0, 0.1) is 23.2 Å². The minimum absolute atomic E-state index is 0.191. The van der Waals surface area contributed by atoms with E-state index in [1.165, 1.54) is 0 Å². The van der Waals surface area contributed by atoms with Gasteiger partial charge in [-0.3, -0.25) is 0 Å². The molecule has 1 saturated heterocycles. The Morgan fingerprint density at radius 1 is 1.29 bits per heavy atom. The molecule has 168 valence electrons. The summed E-state index contributed by atoms with van der Waals surface area (Å²) in [6.07, 6.45) is 7.94. The number of hydrogen-bond acceptors (Lipinski definition) is 6. The summed E-state index contributed by atoms with van der Waals surface area (Å²) < 4.78 is 32.7. The number of anilines is 1. The number of fused-ring (bicyclic) bond motifs is 1. The quantitative estimate of drug-likeness (QED) is 0.703. The van der Waals surface area contributed by atoms with Gasteiger partial charge in [-0.1, -0.05) is 0 Å². The smallest absolute Gasteiger partial charge is 0.214 e. The molecule has 1 aliphatic carbocycles. The van der Waals surface area contributed by atoms with Gasteiger partial charge in [0.2, 0.25) is 10.0 Å². The van der Waals surface area contributed by atoms with E-state index in [9.17, 15) is 13.7 Å². The summed E-state index contributed by atoms with van der Waals surface area (Å²) in [6.45, 7) is 1.82. The fraction of sp³-hybridized carbons (Fsp3) is 0.636. The van der Waals surface area contributed by atoms with E-state index in [2.05, 4.69) is 20.9 Å². The highest BCUT2D eigenvalue weighted by Gasteiger charge is 2.35. The first-order valence-corrected chi connectivity index (χ1v) is 12.6. The summed E-state index contributed by atoms with van der Waals surface area (Å²) in [5, 5.41) is 10.5. The highest BCUT2D eigenvalue weighted by Crippen LogP contribution is 2.35. The third-order valence-corrected chi connectivity index (χ3v) is 8.90. The van der Waals surface area contributed by atoms with Gasteiger partial charge in [0.05, 0.1) is 23.6 Å². The Labute approximate surface area is 184 Å². The molecule has 2 aromatic rings. The van der Waals surface area contributed by atoms with Gasteiger partial charge in [0, 0.05) is 51.1 Å². The highest BCUT2D eigenvalue weighted by atomic mass is 32.2. The van der Waals surface area contributed by atoms with Crippen molar-refractivity contribution in [3.8, 4) is 6.07 Å². The zero-order valence-corrected chi connectivity index (χ0v) is 19.1. The molecule has 1 unspecified atom stereocenters. The van der Waals surface area contributed by atoms with Crippen LogP contribution in [-0.4, -0.2) is 68.3 Å². The molecule has 2 aromatic heterocycles. The second-order valence-electron chi connectivity index (χ2n) is 8.90. The van der Waals surface area contributed by atoms with Crippen LogP contribution in [0.25, 0.3) is 11.0 Å². The molecule has 8 nitrogen and oxygen atoms in total. The van der Waals surface area contributed by atoms with Gasteiger partial charge in [-0.05, 0) is 50.0 Å². The molecule has 0 spiro atoms. The number of nitrogens with zero attached hydrogens (tertiary/aromatic N) is 4. The fourth-order valence-electron chi connectivity index (χ4n) is 5.16. The molecule has 0 aromatic carbocycles. The summed E-state index contributed by atoms with van der Waals surface area (Å²) in [4.78, 5) is 9.63. The molecule has 2 fully saturated rings. The predicted octanol–water partition coefficient (Wildman–Crippen LogP) is 2.73. The minimum atomic E-state index is -3.22. The number of nitriles is 1. The van der Waals surface area contributed by atoms with Crippen molar-refractivity contribution in [2.45, 2.75) is 38.1 Å². The van der Waals surface area contributed by atoms with Gasteiger partial charge in [-0.15, -0.1) is 0 Å². The van der Waals surface area contributed by atoms with E-state index in [1.807, 2.05) is 19.3 Å². The van der Waals surface area contributed by atoms with E-state index in [1.54, 1.807) is 17.6 Å². The maximum atomic E-state index is 12.9. The summed E-state index contributed by atoms with van der Waals surface area (Å²) >= 11 is 0. The standard InChI is InChI=1S/C22H31N5O3S/c1-26(21-18(11-23)12-25-22-20(21)7-9-24-22)19-5-3-16(4-6-19)15-31(28,29)27-10-8-17(13-27)14-30-2/h7,9,12,16-17,19H,3-6,8,10,13-15H2,1-2H3,(H,24,25)/t16-,17?,19-. The normalized spacial score (nSPS) is 25.0. The van der Waals surface area contributed by atoms with Crippen molar-refractivity contribution in [3.05, 3.63) is 24.0 Å². The third-order valence-electron chi connectivity index (χ3n) is 6.89. The Balaban J connectivity index is 1.38. The van der Waals surface area contributed by atoms with Crippen molar-refractivity contribution in [3.63, 3.8) is 0 Å². The molecule has 9 heteroatoms. The average molecular weight is 446 g/mol. The van der Waals surface area contributed by atoms with Gasteiger partial charge < -0.3 is 14.6 Å². The van der Waals surface area contributed by atoms with Crippen LogP contribution in [0.2, 0.25) is 0 Å². The van der Waals surface area contributed by atoms with Crippen LogP contribution >= 0.6 is 0 Å². The van der Waals surface area contributed by atoms with Crippen molar-refractivity contribution < 1.29 is 13.2 Å². The number of rotatable bonds is 7. The summed E-state index contributed by atoms with van der Waals surface area (Å²) in [7, 11) is 0.474. The zero-order chi connectivity index (χ0) is 22.0. The van der Waals surface area contributed by atoms with Gasteiger partial charge in [0.1, 0.15) is 11.7 Å². The van der Waals surface area contributed by atoms with Crippen LogP contribution in [0.4, 0.5) is 5.69 Å². The Bertz CT molecular complexity index is 1050. The molecule has 31 heavy (non-hydrogen) atoms. The van der Waals surface area contributed by atoms with E-state index >= 15 is 0 Å². The largest absolute Gasteiger partial charge is 0.384 e. The van der Waals surface area contributed by atoms with Crippen LogP contribution in [0.5, 0.6) is 0 Å². The maximum Gasteiger partial charge on any atom is 0.214 e. The van der Waals surface area contributed by atoms with Gasteiger partial charge in [0.15, 0.2) is 0 Å². The first-order valence-electron chi connectivity index (χ1n) is 11.0. The van der Waals surface area contributed by atoms with Gasteiger partial charge in [0.25, 0.3) is 0 Å². The molecular weight excluding hydrogens is 414 g/mol. The van der Waals surface area contributed by atoms with Gasteiger partial charge in [-0.25, -0.2) is 17.7 Å². The van der Waals surface area contributed by atoms with E-state index in [0.29, 0.717) is 31.2 Å². The Kier molecular flexibility index (Phi) is 6.51. The monoisotopic (exact) mass is 445 g/mol. The summed E-state index contributed by atoms with van der Waals surface area (Å²) in [5.74, 6) is 0.740. The minimum Gasteiger partial charge on any atom is -0.384 e. The average Bonchev–Trinajstić information content (AvgIpc) is 3.43. The lowest BCUT2D eigenvalue weighted by Gasteiger charge is -2.36. The molecule has 4 rings (SSSR count). The van der Waals surface area contributed by atoms with E-state index in [-0.39, 0.29) is 17.7 Å². The van der Waals surface area contributed by atoms with Gasteiger partial charge in [-0.2, -0.15) is 5.26 Å². The predicted molar refractivity (Wildman–Crippen MR) is 120 cm³/mol. The molecule has 1 N–H and O–H groups in total. The molecule has 1 saturated carbocycles. The molecule has 0 amide bonds. The highest BCUT2D eigenvalue weighted by molar-refractivity contribution is 7.89. The van der Waals surface area contributed by atoms with E-state index in [4.69, 9.17) is 4.74 Å². The zero-order valence-electron chi connectivity index (χ0n) is 18.2. The second kappa shape index (κ2) is 9.15. The SMILES string of the molecule is COCC1CCN(S(=O)(=O)C[C@H]2CC[C@H](N(C)c3c(C#N)cnc4[nH]ccc34)CC2)C1. The van der Waals surface area contributed by atoms with Crippen LogP contribution in [0.15, 0.2) is 18.5 Å². The lowest BCUT2D eigenvalue weighted by atomic mass is 9.86. The van der Waals surface area contributed by atoms with Crippen molar-refractivity contribution >= 4 is 26.7 Å². The Morgan fingerprint density at radius 2 is 2.06 bits per heavy atom. The lowest BCUT2D eigenvalue weighted by Crippen LogP contribution is -2.39. The molecule has 0 radical (unpaired) electrons. The van der Waals surface area contributed by atoms with Crippen molar-refractivity contribution in [1.82, 2.24) is 14.3 Å². The first-order chi connectivity index (χ1) is 14.9. The first kappa shape index (κ1) is 22.1. The Morgan fingerprint density at radius 3 is 2.77 bits per heavy atom. The van der Waals surface area contributed by atoms with Crippen molar-refractivity contribution in [1.29, 1.82) is 5.26 Å². The molecule has 3 heterocycles. The van der Waals surface area contributed by atoms with Crippen molar-refractivity contribution in [2.75, 3.05) is 44.5 Å². The summed E-state index contributed by atoms with van der Waals surface area (Å²) in [6, 6.07) is 4.51. The van der Waals surface area contributed by atoms with Crippen LogP contribution in [0.1, 0.15) is 37.7 Å². The van der Waals surface area contributed by atoms with Crippen molar-refractivity contribution in [2.24, 2.45) is 11.8 Å². The van der Waals surface area contributed by atoms with Crippen LogP contribution < -0.4 is 4.90 Å². The molecule has 1 aliphatic heterocycles. The number of sulfonamides is 1. The number of pyridine rings is 1. The molecular formula is C22H31N5O3S.